The Bertz CT molecular complexity index is 526. The van der Waals surface area contributed by atoms with Crippen LogP contribution in [0.4, 0.5) is 5.69 Å². The maximum absolute atomic E-state index is 12.6. The second-order valence-corrected chi connectivity index (χ2v) is 6.18. The van der Waals surface area contributed by atoms with E-state index in [2.05, 4.69) is 5.32 Å². The number of anilines is 1. The van der Waals surface area contributed by atoms with Gasteiger partial charge in [-0.3, -0.25) is 4.79 Å². The van der Waals surface area contributed by atoms with Crippen LogP contribution in [0.5, 0.6) is 5.75 Å². The van der Waals surface area contributed by atoms with Gasteiger partial charge in [0.2, 0.25) is 5.91 Å². The lowest BCUT2D eigenvalue weighted by atomic mass is 9.79. The summed E-state index contributed by atoms with van der Waals surface area (Å²) in [4.78, 5) is 12.6. The van der Waals surface area contributed by atoms with Crippen molar-refractivity contribution in [2.45, 2.75) is 25.4 Å². The maximum atomic E-state index is 12.6. The summed E-state index contributed by atoms with van der Waals surface area (Å²) in [5, 5.41) is 2.97. The summed E-state index contributed by atoms with van der Waals surface area (Å²) in [6.45, 7) is 2.90. The summed E-state index contributed by atoms with van der Waals surface area (Å²) in [5.41, 5.74) is 6.09. The van der Waals surface area contributed by atoms with Gasteiger partial charge in [0.1, 0.15) is 11.9 Å². The van der Waals surface area contributed by atoms with E-state index in [4.69, 9.17) is 19.9 Å². The number of ether oxygens (including phenoxy) is 3. The molecule has 0 spiro atoms. The van der Waals surface area contributed by atoms with Crippen LogP contribution < -0.4 is 15.8 Å². The van der Waals surface area contributed by atoms with E-state index in [0.717, 1.165) is 24.5 Å². The third-order valence-electron chi connectivity index (χ3n) is 4.63. The molecule has 2 aliphatic heterocycles. The summed E-state index contributed by atoms with van der Waals surface area (Å²) in [5.74, 6) is 0.763. The van der Waals surface area contributed by atoms with Crippen molar-refractivity contribution in [3.63, 3.8) is 0 Å². The Morgan fingerprint density at radius 1 is 1.21 bits per heavy atom. The molecule has 0 bridgehead atoms. The second kappa shape index (κ2) is 8.67. The number of carbonyl (C=O) groups excluding carboxylic acids is 1. The lowest BCUT2D eigenvalue weighted by Gasteiger charge is -2.34. The van der Waals surface area contributed by atoms with E-state index in [9.17, 15) is 4.79 Å². The molecule has 1 aromatic rings. The first-order valence-electron chi connectivity index (χ1n) is 8.16. The molecule has 6 nitrogen and oxygen atoms in total. The Morgan fingerprint density at radius 3 is 2.50 bits per heavy atom. The summed E-state index contributed by atoms with van der Waals surface area (Å²) < 4.78 is 16.5. The summed E-state index contributed by atoms with van der Waals surface area (Å²) in [7, 11) is 0. The van der Waals surface area contributed by atoms with Crippen LogP contribution in [0.1, 0.15) is 19.3 Å². The molecule has 1 atom stereocenters. The molecule has 1 amide bonds. The van der Waals surface area contributed by atoms with Gasteiger partial charge in [0.15, 0.2) is 0 Å². The molecule has 3 rings (SSSR count). The normalized spacial score (nSPS) is 22.5. The van der Waals surface area contributed by atoms with E-state index in [1.165, 1.54) is 0 Å². The van der Waals surface area contributed by atoms with Gasteiger partial charge in [-0.25, -0.2) is 0 Å². The van der Waals surface area contributed by atoms with Crippen molar-refractivity contribution >= 4 is 24.0 Å². The van der Waals surface area contributed by atoms with Gasteiger partial charge < -0.3 is 25.3 Å². The first-order valence-corrected chi connectivity index (χ1v) is 8.16. The Morgan fingerprint density at radius 2 is 1.92 bits per heavy atom. The van der Waals surface area contributed by atoms with Gasteiger partial charge in [-0.2, -0.15) is 0 Å². The topological polar surface area (TPSA) is 82.8 Å². The molecule has 2 fully saturated rings. The zero-order chi connectivity index (χ0) is 16.1. The molecule has 134 valence electrons. The van der Waals surface area contributed by atoms with Crippen molar-refractivity contribution in [2.75, 3.05) is 38.3 Å². The molecule has 2 heterocycles. The summed E-state index contributed by atoms with van der Waals surface area (Å²) >= 11 is 0. The number of rotatable bonds is 5. The molecule has 0 saturated carbocycles. The second-order valence-electron chi connectivity index (χ2n) is 6.18. The van der Waals surface area contributed by atoms with Crippen molar-refractivity contribution in [2.24, 2.45) is 11.1 Å². The molecule has 7 heteroatoms. The predicted molar refractivity (Wildman–Crippen MR) is 93.7 cm³/mol. The van der Waals surface area contributed by atoms with Gasteiger partial charge in [0.05, 0.1) is 18.6 Å². The van der Waals surface area contributed by atoms with Gasteiger partial charge in [0.25, 0.3) is 0 Å². The van der Waals surface area contributed by atoms with Crippen molar-refractivity contribution in [1.29, 1.82) is 0 Å². The largest absolute Gasteiger partial charge is 0.488 e. The molecule has 2 aliphatic rings. The van der Waals surface area contributed by atoms with Gasteiger partial charge in [-0.15, -0.1) is 12.4 Å². The maximum Gasteiger partial charge on any atom is 0.232 e. The third kappa shape index (κ3) is 4.39. The number of hydrogen-bond donors (Lipinski definition) is 2. The van der Waals surface area contributed by atoms with Crippen LogP contribution in [0.25, 0.3) is 0 Å². The Kier molecular flexibility index (Phi) is 6.86. The van der Waals surface area contributed by atoms with Crippen molar-refractivity contribution in [3.8, 4) is 5.75 Å². The molecule has 0 aliphatic carbocycles. The van der Waals surface area contributed by atoms with Gasteiger partial charge in [-0.05, 0) is 37.1 Å². The van der Waals surface area contributed by atoms with E-state index >= 15 is 0 Å². The quantitative estimate of drug-likeness (QED) is 0.842. The summed E-state index contributed by atoms with van der Waals surface area (Å²) in [6, 6.07) is 7.44. The van der Waals surface area contributed by atoms with Crippen LogP contribution in [0, 0.1) is 5.41 Å². The van der Waals surface area contributed by atoms with Crippen LogP contribution in [0.15, 0.2) is 24.3 Å². The monoisotopic (exact) mass is 356 g/mol. The van der Waals surface area contributed by atoms with E-state index in [1.54, 1.807) is 0 Å². The Labute approximate surface area is 148 Å². The number of benzene rings is 1. The van der Waals surface area contributed by atoms with Crippen LogP contribution >= 0.6 is 12.4 Å². The lowest BCUT2D eigenvalue weighted by molar-refractivity contribution is -0.130. The first-order chi connectivity index (χ1) is 11.2. The molecule has 3 N–H and O–H groups in total. The average molecular weight is 357 g/mol. The molecule has 0 radical (unpaired) electrons. The van der Waals surface area contributed by atoms with Gasteiger partial charge in [0, 0.05) is 31.9 Å². The molecule has 1 aromatic carbocycles. The zero-order valence-corrected chi connectivity index (χ0v) is 14.5. The fraction of sp³-hybridized carbons (Fsp3) is 0.588. The van der Waals surface area contributed by atoms with Gasteiger partial charge in [-0.1, -0.05) is 0 Å². The van der Waals surface area contributed by atoms with Gasteiger partial charge >= 0.3 is 0 Å². The number of carbonyl (C=O) groups is 1. The van der Waals surface area contributed by atoms with E-state index in [1.807, 2.05) is 24.3 Å². The highest BCUT2D eigenvalue weighted by Crippen LogP contribution is 2.31. The SMILES string of the molecule is Cl.NCC1(C(=O)Nc2ccc(OC3CCOC3)cc2)CCOCC1. The molecule has 1 unspecified atom stereocenters. The van der Waals surface area contributed by atoms with E-state index < -0.39 is 5.41 Å². The third-order valence-corrected chi connectivity index (χ3v) is 4.63. The number of nitrogens with two attached hydrogens (primary N) is 1. The molecule has 0 aromatic heterocycles. The molecule has 24 heavy (non-hydrogen) atoms. The fourth-order valence-electron chi connectivity index (χ4n) is 2.96. The highest BCUT2D eigenvalue weighted by atomic mass is 35.5. The zero-order valence-electron chi connectivity index (χ0n) is 13.7. The summed E-state index contributed by atoms with van der Waals surface area (Å²) in [6.07, 6.45) is 2.37. The molecule has 2 saturated heterocycles. The number of halogens is 1. The Balaban J connectivity index is 0.00000208. The standard InChI is InChI=1S/C17H24N2O4.ClH/c18-12-17(6-9-21-10-7-17)16(20)19-13-1-3-14(4-2-13)23-15-5-8-22-11-15;/h1-4,15H,5-12,18H2,(H,19,20);1H. The number of nitrogens with one attached hydrogen (secondary N) is 1. The minimum atomic E-state index is -0.519. The van der Waals surface area contributed by atoms with Crippen molar-refractivity contribution in [1.82, 2.24) is 0 Å². The minimum Gasteiger partial charge on any atom is -0.488 e. The van der Waals surface area contributed by atoms with Crippen molar-refractivity contribution in [3.05, 3.63) is 24.3 Å². The minimum absolute atomic E-state index is 0. The Hall–Kier alpha value is -1.34. The molecular formula is C17H25ClN2O4. The predicted octanol–water partition coefficient (Wildman–Crippen LogP) is 1.97. The van der Waals surface area contributed by atoms with E-state index in [0.29, 0.717) is 39.2 Å². The average Bonchev–Trinajstić information content (AvgIpc) is 3.10. The van der Waals surface area contributed by atoms with Crippen molar-refractivity contribution < 1.29 is 19.0 Å². The number of hydrogen-bond acceptors (Lipinski definition) is 5. The van der Waals surface area contributed by atoms with E-state index in [-0.39, 0.29) is 24.4 Å². The smallest absolute Gasteiger partial charge is 0.232 e. The molecular weight excluding hydrogens is 332 g/mol. The van der Waals surface area contributed by atoms with Crippen LogP contribution in [0.2, 0.25) is 0 Å². The highest BCUT2D eigenvalue weighted by molar-refractivity contribution is 5.95. The van der Waals surface area contributed by atoms with Crippen LogP contribution in [-0.4, -0.2) is 45.0 Å². The lowest BCUT2D eigenvalue weighted by Crippen LogP contribution is -2.46. The highest BCUT2D eigenvalue weighted by Gasteiger charge is 2.38. The fourth-order valence-corrected chi connectivity index (χ4v) is 2.96. The first kappa shape index (κ1) is 19.0. The van der Waals surface area contributed by atoms with Crippen LogP contribution in [0.3, 0.4) is 0 Å². The number of amides is 1. The van der Waals surface area contributed by atoms with Crippen LogP contribution in [-0.2, 0) is 14.3 Å².